The van der Waals surface area contributed by atoms with E-state index in [1.54, 1.807) is 0 Å². The smallest absolute Gasteiger partial charge is 0.143 e. The van der Waals surface area contributed by atoms with Crippen LogP contribution < -0.4 is 0 Å². The van der Waals surface area contributed by atoms with Crippen LogP contribution in [-0.4, -0.2) is 0 Å². The maximum Gasteiger partial charge on any atom is 0.143 e. The fourth-order valence-corrected chi connectivity index (χ4v) is 10.9. The van der Waals surface area contributed by atoms with Gasteiger partial charge in [0.15, 0.2) is 0 Å². The van der Waals surface area contributed by atoms with E-state index in [1.165, 1.54) is 75.3 Å². The van der Waals surface area contributed by atoms with E-state index in [2.05, 4.69) is 194 Å². The minimum Gasteiger partial charge on any atom is -0.456 e. The van der Waals surface area contributed by atoms with E-state index in [0.717, 1.165) is 54.8 Å². The Morgan fingerprint density at radius 3 is 1.69 bits per heavy atom. The van der Waals surface area contributed by atoms with Crippen LogP contribution in [0.2, 0.25) is 0 Å². The number of benzene rings is 10. The van der Waals surface area contributed by atoms with Gasteiger partial charge in [0.2, 0.25) is 0 Å². The molecule has 0 saturated carbocycles. The molecule has 0 fully saturated rings. The number of hydrogen-bond donors (Lipinski definition) is 0. The monoisotopic (exact) mass is 768 g/mol. The Balaban J connectivity index is 1.07. The number of fused-ring (bicyclic) bond motifs is 11. The molecular formula is C56H32O2S. The van der Waals surface area contributed by atoms with Crippen LogP contribution in [0.5, 0.6) is 0 Å². The SMILES string of the molecule is c1ccc(-c2sc3cc4c(cc3c2-c2ccccc2)oc2cccc(-c3c5ccccc5c(-c5ccc6c(c5)oc5c7ccccc7ccc65)c5ccccc35)c24)cc1. The fraction of sp³-hybridized carbons (Fsp3) is 0. The molecule has 0 N–H and O–H groups in total. The number of rotatable bonds is 4. The van der Waals surface area contributed by atoms with Crippen molar-refractivity contribution in [2.24, 2.45) is 0 Å². The summed E-state index contributed by atoms with van der Waals surface area (Å²) in [6.45, 7) is 0. The summed E-state index contributed by atoms with van der Waals surface area (Å²) in [5.74, 6) is 0. The Morgan fingerprint density at radius 2 is 0.949 bits per heavy atom. The first-order chi connectivity index (χ1) is 29.3. The highest BCUT2D eigenvalue weighted by Crippen LogP contribution is 2.50. The molecule has 0 saturated heterocycles. The predicted octanol–water partition coefficient (Wildman–Crippen LogP) is 16.8. The van der Waals surface area contributed by atoms with Gasteiger partial charge in [-0.15, -0.1) is 11.3 Å². The minimum atomic E-state index is 0.889. The third kappa shape index (κ3) is 4.80. The molecule has 0 aliphatic heterocycles. The standard InChI is InChI=1S/C56H32O2S/c1-3-15-34(16-4-1)52-46-31-49-45(32-50(46)59-56(52)35-17-5-2-6-18-35)54-44(24-13-25-47(54)57-49)53-41-22-11-9-20-39(41)51(40-21-10-12-23-42(40)53)36-27-28-38-43-29-26-33-14-7-8-19-37(33)55(43)58-48(38)30-36/h1-32H. The average Bonchev–Trinajstić information content (AvgIpc) is 3.99. The molecule has 3 heterocycles. The van der Waals surface area contributed by atoms with E-state index in [0.29, 0.717) is 0 Å². The summed E-state index contributed by atoms with van der Waals surface area (Å²) < 4.78 is 14.8. The number of thiophene rings is 1. The van der Waals surface area contributed by atoms with Crippen LogP contribution >= 0.6 is 11.3 Å². The molecular weight excluding hydrogens is 737 g/mol. The molecule has 13 rings (SSSR count). The van der Waals surface area contributed by atoms with Crippen LogP contribution in [0.1, 0.15) is 0 Å². The van der Waals surface area contributed by atoms with Crippen LogP contribution in [0.3, 0.4) is 0 Å². The summed E-state index contributed by atoms with van der Waals surface area (Å²) in [7, 11) is 0. The molecule has 2 nitrogen and oxygen atoms in total. The fourth-order valence-electron chi connectivity index (χ4n) is 9.70. The lowest BCUT2D eigenvalue weighted by molar-refractivity contribution is 0.669. The minimum absolute atomic E-state index is 0.889. The molecule has 0 amide bonds. The summed E-state index contributed by atoms with van der Waals surface area (Å²) in [5.41, 5.74) is 12.0. The maximum atomic E-state index is 6.83. The first-order valence-corrected chi connectivity index (χ1v) is 20.9. The van der Waals surface area contributed by atoms with Gasteiger partial charge in [-0.3, -0.25) is 0 Å². The van der Waals surface area contributed by atoms with E-state index < -0.39 is 0 Å². The van der Waals surface area contributed by atoms with Gasteiger partial charge in [-0.1, -0.05) is 158 Å². The van der Waals surface area contributed by atoms with Crippen LogP contribution in [0.25, 0.3) is 130 Å². The molecule has 0 unspecified atom stereocenters. The first kappa shape index (κ1) is 32.6. The van der Waals surface area contributed by atoms with Gasteiger partial charge in [0, 0.05) is 47.5 Å². The van der Waals surface area contributed by atoms with Crippen molar-refractivity contribution >= 4 is 97.6 Å². The number of hydrogen-bond acceptors (Lipinski definition) is 3. The lowest BCUT2D eigenvalue weighted by Crippen LogP contribution is -1.91. The molecule has 0 spiro atoms. The average molecular weight is 769 g/mol. The summed E-state index contributed by atoms with van der Waals surface area (Å²) in [4.78, 5) is 1.27. The molecule has 0 atom stereocenters. The van der Waals surface area contributed by atoms with Crippen molar-refractivity contribution < 1.29 is 8.83 Å². The summed E-state index contributed by atoms with van der Waals surface area (Å²) >= 11 is 1.86. The normalized spacial score (nSPS) is 12.1. The number of furan rings is 2. The second-order valence-electron chi connectivity index (χ2n) is 15.5. The summed E-state index contributed by atoms with van der Waals surface area (Å²) in [6, 6.07) is 70.0. The van der Waals surface area contributed by atoms with Crippen LogP contribution in [0, 0.1) is 0 Å². The van der Waals surface area contributed by atoms with Crippen molar-refractivity contribution in [3.05, 3.63) is 194 Å². The van der Waals surface area contributed by atoms with Crippen LogP contribution in [0.4, 0.5) is 0 Å². The van der Waals surface area contributed by atoms with Gasteiger partial charge in [0.05, 0.1) is 0 Å². The molecule has 59 heavy (non-hydrogen) atoms. The van der Waals surface area contributed by atoms with Gasteiger partial charge >= 0.3 is 0 Å². The zero-order valence-electron chi connectivity index (χ0n) is 31.7. The van der Waals surface area contributed by atoms with Gasteiger partial charge < -0.3 is 8.83 Å². The van der Waals surface area contributed by atoms with Crippen molar-refractivity contribution in [2.75, 3.05) is 0 Å². The Bertz CT molecular complexity index is 3770. The Labute approximate surface area is 342 Å². The molecule has 0 radical (unpaired) electrons. The molecule has 3 aromatic heterocycles. The molecule has 3 heteroatoms. The maximum absolute atomic E-state index is 6.83. The highest BCUT2D eigenvalue weighted by Gasteiger charge is 2.23. The molecule has 0 aliphatic carbocycles. The van der Waals surface area contributed by atoms with E-state index in [4.69, 9.17) is 8.83 Å². The second-order valence-corrected chi connectivity index (χ2v) is 16.5. The molecule has 13 aromatic rings. The topological polar surface area (TPSA) is 26.3 Å². The molecule has 0 aliphatic rings. The zero-order chi connectivity index (χ0) is 38.6. The van der Waals surface area contributed by atoms with Crippen LogP contribution in [-0.2, 0) is 0 Å². The molecule has 274 valence electrons. The second kappa shape index (κ2) is 12.5. The lowest BCUT2D eigenvalue weighted by Gasteiger charge is -2.18. The third-order valence-electron chi connectivity index (χ3n) is 12.3. The predicted molar refractivity (Wildman–Crippen MR) is 251 cm³/mol. The van der Waals surface area contributed by atoms with E-state index in [-0.39, 0.29) is 0 Å². The summed E-state index contributed by atoms with van der Waals surface area (Å²) in [5, 5.41) is 12.9. The van der Waals surface area contributed by atoms with Crippen LogP contribution in [0.15, 0.2) is 203 Å². The quantitative estimate of drug-likeness (QED) is 0.167. The van der Waals surface area contributed by atoms with Gasteiger partial charge in [0.25, 0.3) is 0 Å². The third-order valence-corrected chi connectivity index (χ3v) is 13.5. The highest BCUT2D eigenvalue weighted by molar-refractivity contribution is 7.23. The van der Waals surface area contributed by atoms with Gasteiger partial charge in [0.1, 0.15) is 22.3 Å². The highest BCUT2D eigenvalue weighted by atomic mass is 32.1. The molecule has 10 aromatic carbocycles. The van der Waals surface area contributed by atoms with E-state index in [1.807, 2.05) is 11.3 Å². The van der Waals surface area contributed by atoms with Gasteiger partial charge in [-0.25, -0.2) is 0 Å². The van der Waals surface area contributed by atoms with Crippen molar-refractivity contribution in [1.29, 1.82) is 0 Å². The Hall–Kier alpha value is -7.46. The summed E-state index contributed by atoms with van der Waals surface area (Å²) in [6.07, 6.45) is 0. The lowest BCUT2D eigenvalue weighted by atomic mass is 9.85. The van der Waals surface area contributed by atoms with Crippen molar-refractivity contribution in [1.82, 2.24) is 0 Å². The largest absolute Gasteiger partial charge is 0.456 e. The Morgan fingerprint density at radius 1 is 0.322 bits per heavy atom. The van der Waals surface area contributed by atoms with E-state index in [9.17, 15) is 0 Å². The van der Waals surface area contributed by atoms with E-state index >= 15 is 0 Å². The van der Waals surface area contributed by atoms with Crippen molar-refractivity contribution in [2.45, 2.75) is 0 Å². The van der Waals surface area contributed by atoms with Gasteiger partial charge in [-0.05, 0) is 96.7 Å². The molecule has 0 bridgehead atoms. The zero-order valence-corrected chi connectivity index (χ0v) is 32.5. The van der Waals surface area contributed by atoms with Crippen molar-refractivity contribution in [3.63, 3.8) is 0 Å². The van der Waals surface area contributed by atoms with Gasteiger partial charge in [-0.2, -0.15) is 0 Å². The first-order valence-electron chi connectivity index (χ1n) is 20.1. The Kier molecular flexibility index (Phi) is 6.92. The van der Waals surface area contributed by atoms with Crippen molar-refractivity contribution in [3.8, 4) is 43.8 Å².